The van der Waals surface area contributed by atoms with E-state index >= 15 is 0 Å². The minimum absolute atomic E-state index is 0.0254. The molecule has 0 saturated heterocycles. The zero-order valence-electron chi connectivity index (χ0n) is 16.5. The number of fused-ring (bicyclic) bond motifs is 1. The highest BCUT2D eigenvalue weighted by molar-refractivity contribution is 7.92. The van der Waals surface area contributed by atoms with Crippen molar-refractivity contribution in [2.24, 2.45) is 0 Å². The predicted molar refractivity (Wildman–Crippen MR) is 114 cm³/mol. The Morgan fingerprint density at radius 1 is 0.935 bits per heavy atom. The maximum Gasteiger partial charge on any atom is 0.269 e. The van der Waals surface area contributed by atoms with Gasteiger partial charge in [-0.3, -0.25) is 20.4 Å². The van der Waals surface area contributed by atoms with Crippen molar-refractivity contribution < 1.29 is 13.2 Å². The van der Waals surface area contributed by atoms with Crippen molar-refractivity contribution in [2.45, 2.75) is 18.7 Å². The third-order valence-corrected chi connectivity index (χ3v) is 5.62. The Balaban J connectivity index is 1.48. The van der Waals surface area contributed by atoms with Crippen LogP contribution in [0.5, 0.6) is 0 Å². The molecule has 4 aromatic rings. The molecule has 1 amide bonds. The number of aromatic amines is 1. The van der Waals surface area contributed by atoms with Crippen molar-refractivity contribution in [3.05, 3.63) is 65.5 Å². The molecule has 0 atom stereocenters. The molecule has 31 heavy (non-hydrogen) atoms. The summed E-state index contributed by atoms with van der Waals surface area (Å²) in [6, 6.07) is 12.3. The number of H-pyrrole nitrogens is 1. The Morgan fingerprint density at radius 3 is 2.45 bits per heavy atom. The van der Waals surface area contributed by atoms with Crippen LogP contribution in [0.15, 0.2) is 53.4 Å². The number of nitrogens with one attached hydrogen (secondary N) is 4. The standard InChI is InChI=1S/C19H18N8O3S/c1-11-8-12(2)21-19(20-11)25-24-18(28)13-4-3-5-14(9-13)26-31(29,30)15-6-7-16-17(10-15)23-27-22-16/h3-10,26H,1-2H3,(H,24,28)(H,20,21,25)(H,22,23,27). The van der Waals surface area contributed by atoms with Crippen molar-refractivity contribution >= 4 is 38.6 Å². The minimum Gasteiger partial charge on any atom is -0.280 e. The number of anilines is 2. The van der Waals surface area contributed by atoms with Crippen LogP contribution in [0.25, 0.3) is 11.0 Å². The number of hydrogen-bond donors (Lipinski definition) is 4. The molecule has 0 spiro atoms. The summed E-state index contributed by atoms with van der Waals surface area (Å²) in [6.07, 6.45) is 0. The van der Waals surface area contributed by atoms with Crippen LogP contribution >= 0.6 is 0 Å². The van der Waals surface area contributed by atoms with Crippen molar-refractivity contribution in [3.63, 3.8) is 0 Å². The highest BCUT2D eigenvalue weighted by Gasteiger charge is 2.17. The van der Waals surface area contributed by atoms with Gasteiger partial charge in [-0.15, -0.1) is 0 Å². The van der Waals surface area contributed by atoms with Crippen molar-refractivity contribution in [3.8, 4) is 0 Å². The molecule has 11 nitrogen and oxygen atoms in total. The number of benzene rings is 2. The largest absolute Gasteiger partial charge is 0.280 e. The summed E-state index contributed by atoms with van der Waals surface area (Å²) in [6.45, 7) is 3.63. The Labute approximate surface area is 177 Å². The van der Waals surface area contributed by atoms with Gasteiger partial charge in [0.15, 0.2) is 0 Å². The summed E-state index contributed by atoms with van der Waals surface area (Å²) in [5.74, 6) is -0.223. The molecule has 2 aromatic carbocycles. The lowest BCUT2D eigenvalue weighted by molar-refractivity contribution is 0.0962. The van der Waals surface area contributed by atoms with Crippen LogP contribution in [0.1, 0.15) is 21.7 Å². The molecule has 0 aliphatic carbocycles. The van der Waals surface area contributed by atoms with Gasteiger partial charge in [-0.05, 0) is 56.3 Å². The van der Waals surface area contributed by atoms with Crippen LogP contribution in [-0.2, 0) is 10.0 Å². The monoisotopic (exact) mass is 438 g/mol. The third-order valence-electron chi connectivity index (χ3n) is 4.25. The predicted octanol–water partition coefficient (Wildman–Crippen LogP) is 1.92. The molecule has 0 aliphatic heterocycles. The fourth-order valence-electron chi connectivity index (χ4n) is 2.89. The summed E-state index contributed by atoms with van der Waals surface area (Å²) in [5, 5.41) is 10.2. The molecule has 0 radical (unpaired) electrons. The lowest BCUT2D eigenvalue weighted by Gasteiger charge is -2.11. The SMILES string of the molecule is Cc1cc(C)nc(NNC(=O)c2cccc(NS(=O)(=O)c3ccc4n[nH]nc4c3)c2)n1. The molecule has 0 bridgehead atoms. The molecule has 4 N–H and O–H groups in total. The highest BCUT2D eigenvalue weighted by atomic mass is 32.2. The summed E-state index contributed by atoms with van der Waals surface area (Å²) in [4.78, 5) is 20.8. The Morgan fingerprint density at radius 2 is 1.68 bits per heavy atom. The van der Waals surface area contributed by atoms with Gasteiger partial charge in [0, 0.05) is 22.6 Å². The summed E-state index contributed by atoms with van der Waals surface area (Å²) in [7, 11) is -3.89. The van der Waals surface area contributed by atoms with E-state index < -0.39 is 15.9 Å². The first kappa shape index (κ1) is 20.2. The highest BCUT2D eigenvalue weighted by Crippen LogP contribution is 2.20. The molecule has 12 heteroatoms. The lowest BCUT2D eigenvalue weighted by atomic mass is 10.2. The Kier molecular flexibility index (Phi) is 5.21. The Bertz CT molecular complexity index is 1360. The van der Waals surface area contributed by atoms with Gasteiger partial charge in [-0.25, -0.2) is 18.4 Å². The number of carbonyl (C=O) groups is 1. The zero-order valence-corrected chi connectivity index (χ0v) is 17.4. The second-order valence-electron chi connectivity index (χ2n) is 6.71. The van der Waals surface area contributed by atoms with Gasteiger partial charge in [-0.2, -0.15) is 15.4 Å². The second kappa shape index (κ2) is 7.99. The fourth-order valence-corrected chi connectivity index (χ4v) is 3.96. The van der Waals surface area contributed by atoms with Crippen LogP contribution in [0.4, 0.5) is 11.6 Å². The van der Waals surface area contributed by atoms with E-state index in [9.17, 15) is 13.2 Å². The van der Waals surface area contributed by atoms with Crippen LogP contribution < -0.4 is 15.6 Å². The topological polar surface area (TPSA) is 155 Å². The first-order valence-corrected chi connectivity index (χ1v) is 10.6. The zero-order chi connectivity index (χ0) is 22.0. The molecular weight excluding hydrogens is 420 g/mol. The number of amides is 1. The number of rotatable bonds is 6. The first-order chi connectivity index (χ1) is 14.8. The number of carbonyl (C=O) groups excluding carboxylic acids is 1. The number of sulfonamides is 1. The van der Waals surface area contributed by atoms with Gasteiger partial charge >= 0.3 is 0 Å². The van der Waals surface area contributed by atoms with E-state index in [1.54, 1.807) is 24.3 Å². The summed E-state index contributed by atoms with van der Waals surface area (Å²) in [5.41, 5.74) is 8.12. The molecule has 0 fully saturated rings. The molecule has 0 saturated carbocycles. The van der Waals surface area contributed by atoms with Crippen molar-refractivity contribution in [1.82, 2.24) is 30.8 Å². The van der Waals surface area contributed by atoms with Crippen LogP contribution in [0.3, 0.4) is 0 Å². The average molecular weight is 438 g/mol. The van der Waals surface area contributed by atoms with E-state index in [1.165, 1.54) is 18.2 Å². The molecule has 4 rings (SSSR count). The molecular formula is C19H18N8O3S. The van der Waals surface area contributed by atoms with E-state index in [2.05, 4.69) is 41.0 Å². The number of aryl methyl sites for hydroxylation is 2. The number of hydrogen-bond acceptors (Lipinski definition) is 8. The fraction of sp³-hybridized carbons (Fsp3) is 0.105. The normalized spacial score (nSPS) is 11.3. The van der Waals surface area contributed by atoms with Crippen LogP contribution in [0, 0.1) is 13.8 Å². The number of aromatic nitrogens is 5. The molecule has 158 valence electrons. The third kappa shape index (κ3) is 4.59. The van der Waals surface area contributed by atoms with E-state index in [4.69, 9.17) is 0 Å². The summed E-state index contributed by atoms with van der Waals surface area (Å²) >= 11 is 0. The average Bonchev–Trinajstić information content (AvgIpc) is 3.19. The van der Waals surface area contributed by atoms with Crippen LogP contribution in [0.2, 0.25) is 0 Å². The molecule has 2 heterocycles. The van der Waals surface area contributed by atoms with Gasteiger partial charge in [-0.1, -0.05) is 6.07 Å². The maximum absolute atomic E-state index is 12.7. The van der Waals surface area contributed by atoms with E-state index in [-0.39, 0.29) is 22.1 Å². The Hall–Kier alpha value is -4.06. The van der Waals surface area contributed by atoms with E-state index in [0.29, 0.717) is 11.0 Å². The van der Waals surface area contributed by atoms with E-state index in [1.807, 2.05) is 19.9 Å². The first-order valence-electron chi connectivity index (χ1n) is 9.12. The number of nitrogens with zero attached hydrogens (tertiary/aromatic N) is 4. The maximum atomic E-state index is 12.7. The molecule has 2 aromatic heterocycles. The van der Waals surface area contributed by atoms with Gasteiger partial charge in [0.25, 0.3) is 15.9 Å². The molecule has 0 unspecified atom stereocenters. The quantitative estimate of drug-likeness (QED) is 0.333. The summed E-state index contributed by atoms with van der Waals surface area (Å²) < 4.78 is 27.9. The van der Waals surface area contributed by atoms with Crippen molar-refractivity contribution in [2.75, 3.05) is 10.1 Å². The van der Waals surface area contributed by atoms with Gasteiger partial charge < -0.3 is 0 Å². The van der Waals surface area contributed by atoms with E-state index in [0.717, 1.165) is 11.4 Å². The van der Waals surface area contributed by atoms with Gasteiger partial charge in [0.1, 0.15) is 11.0 Å². The minimum atomic E-state index is -3.89. The second-order valence-corrected chi connectivity index (χ2v) is 8.40. The molecule has 0 aliphatic rings. The van der Waals surface area contributed by atoms with Gasteiger partial charge in [0.2, 0.25) is 5.95 Å². The van der Waals surface area contributed by atoms with Crippen molar-refractivity contribution in [1.29, 1.82) is 0 Å². The van der Waals surface area contributed by atoms with Gasteiger partial charge in [0.05, 0.1) is 4.90 Å². The van der Waals surface area contributed by atoms with Crippen LogP contribution in [-0.4, -0.2) is 39.7 Å². The lowest BCUT2D eigenvalue weighted by Crippen LogP contribution is -2.30. The number of hydrazine groups is 1. The smallest absolute Gasteiger partial charge is 0.269 e.